The molecule has 0 amide bonds. The number of rotatable bonds is 7. The fourth-order valence-corrected chi connectivity index (χ4v) is 2.19. The minimum atomic E-state index is 0.588. The summed E-state index contributed by atoms with van der Waals surface area (Å²) in [4.78, 5) is 2.51. The number of nitrogens with zero attached hydrogens (tertiary/aromatic N) is 1. The summed E-state index contributed by atoms with van der Waals surface area (Å²) in [5, 5.41) is 3.47. The van der Waals surface area contributed by atoms with Crippen LogP contribution >= 0.6 is 0 Å². The molecule has 16 heavy (non-hydrogen) atoms. The van der Waals surface area contributed by atoms with Crippen molar-refractivity contribution in [2.75, 3.05) is 14.1 Å². The van der Waals surface area contributed by atoms with E-state index in [9.17, 15) is 0 Å². The Hall–Kier alpha value is -0.0800. The number of hydrogen-bond donors (Lipinski definition) is 1. The fourth-order valence-electron chi connectivity index (χ4n) is 2.19. The zero-order valence-electron chi connectivity index (χ0n) is 12.5. The Morgan fingerprint density at radius 2 is 1.44 bits per heavy atom. The molecule has 0 radical (unpaired) electrons. The van der Waals surface area contributed by atoms with Crippen LogP contribution in [-0.4, -0.2) is 37.1 Å². The lowest BCUT2D eigenvalue weighted by Crippen LogP contribution is -2.50. The summed E-state index contributed by atoms with van der Waals surface area (Å²) in [5.41, 5.74) is 0. The van der Waals surface area contributed by atoms with E-state index < -0.39 is 0 Å². The molecule has 0 saturated carbocycles. The first-order valence-corrected chi connectivity index (χ1v) is 6.70. The van der Waals surface area contributed by atoms with Crippen LogP contribution in [-0.2, 0) is 0 Å². The molecule has 0 spiro atoms. The van der Waals surface area contributed by atoms with Gasteiger partial charge in [-0.1, -0.05) is 27.7 Å². The molecule has 0 rings (SSSR count). The number of nitrogens with one attached hydrogen (secondary N) is 1. The van der Waals surface area contributed by atoms with Crippen molar-refractivity contribution in [3.05, 3.63) is 0 Å². The van der Waals surface area contributed by atoms with Crippen LogP contribution in [0.4, 0.5) is 0 Å². The Labute approximate surface area is 103 Å². The maximum Gasteiger partial charge on any atom is 0.0220 e. The van der Waals surface area contributed by atoms with Gasteiger partial charge in [0.05, 0.1) is 0 Å². The van der Waals surface area contributed by atoms with Gasteiger partial charge in [-0.05, 0) is 46.2 Å². The highest BCUT2D eigenvalue weighted by atomic mass is 15.2. The smallest absolute Gasteiger partial charge is 0.0220 e. The molecule has 0 aliphatic rings. The van der Waals surface area contributed by atoms with E-state index in [-0.39, 0.29) is 0 Å². The average molecular weight is 228 g/mol. The quantitative estimate of drug-likeness (QED) is 0.720. The van der Waals surface area contributed by atoms with Crippen LogP contribution in [0, 0.1) is 11.8 Å². The van der Waals surface area contributed by atoms with Crippen molar-refractivity contribution in [2.24, 2.45) is 11.8 Å². The summed E-state index contributed by atoms with van der Waals surface area (Å²) in [6, 6.07) is 1.81. The monoisotopic (exact) mass is 228 g/mol. The highest BCUT2D eigenvalue weighted by molar-refractivity contribution is 4.83. The van der Waals surface area contributed by atoms with Gasteiger partial charge < -0.3 is 5.32 Å². The molecule has 0 aromatic rings. The van der Waals surface area contributed by atoms with Crippen LogP contribution in [0.2, 0.25) is 0 Å². The van der Waals surface area contributed by atoms with Gasteiger partial charge in [0.25, 0.3) is 0 Å². The number of hydrogen-bond acceptors (Lipinski definition) is 2. The predicted molar refractivity (Wildman–Crippen MR) is 73.8 cm³/mol. The molecular formula is C14H32N2. The second kappa shape index (κ2) is 7.29. The van der Waals surface area contributed by atoms with E-state index in [0.717, 1.165) is 5.92 Å². The zero-order valence-corrected chi connectivity index (χ0v) is 12.5. The first-order valence-electron chi connectivity index (χ1n) is 6.70. The van der Waals surface area contributed by atoms with Gasteiger partial charge in [0.1, 0.15) is 0 Å². The summed E-state index contributed by atoms with van der Waals surface area (Å²) < 4.78 is 0. The molecule has 0 aromatic heterocycles. The second-order valence-electron chi connectivity index (χ2n) is 5.92. The van der Waals surface area contributed by atoms with Gasteiger partial charge in [0.15, 0.2) is 0 Å². The molecule has 0 aromatic carbocycles. The molecule has 2 heteroatoms. The largest absolute Gasteiger partial charge is 0.315 e. The lowest BCUT2D eigenvalue weighted by atomic mass is 9.95. The van der Waals surface area contributed by atoms with E-state index >= 15 is 0 Å². The summed E-state index contributed by atoms with van der Waals surface area (Å²) in [6.45, 7) is 13.8. The average Bonchev–Trinajstić information content (AvgIpc) is 2.22. The fraction of sp³-hybridized carbons (Fsp3) is 1.00. The van der Waals surface area contributed by atoms with E-state index in [1.165, 1.54) is 6.42 Å². The molecule has 0 bridgehead atoms. The van der Waals surface area contributed by atoms with Gasteiger partial charge >= 0.3 is 0 Å². The van der Waals surface area contributed by atoms with Crippen LogP contribution in [0.25, 0.3) is 0 Å². The third-order valence-corrected chi connectivity index (χ3v) is 3.93. The normalized spacial score (nSPS) is 18.2. The highest BCUT2D eigenvalue weighted by Gasteiger charge is 2.24. The standard InChI is InChI=1S/C14H32N2/c1-10(2)9-14(15-7)13(6)16(8)12(5)11(3)4/h10-15H,9H2,1-8H3. The predicted octanol–water partition coefficient (Wildman–Crippen LogP) is 2.99. The molecule has 0 heterocycles. The maximum absolute atomic E-state index is 3.47. The Kier molecular flexibility index (Phi) is 7.25. The topological polar surface area (TPSA) is 15.3 Å². The van der Waals surface area contributed by atoms with Crippen LogP contribution < -0.4 is 5.32 Å². The van der Waals surface area contributed by atoms with Crippen molar-refractivity contribution in [3.8, 4) is 0 Å². The minimum Gasteiger partial charge on any atom is -0.315 e. The van der Waals surface area contributed by atoms with E-state index in [2.05, 4.69) is 65.9 Å². The van der Waals surface area contributed by atoms with Crippen LogP contribution in [0.3, 0.4) is 0 Å². The molecule has 0 aliphatic carbocycles. The molecule has 0 fully saturated rings. The van der Waals surface area contributed by atoms with Gasteiger partial charge in [0.2, 0.25) is 0 Å². The van der Waals surface area contributed by atoms with E-state index in [0.29, 0.717) is 24.0 Å². The van der Waals surface area contributed by atoms with Crippen molar-refractivity contribution in [1.82, 2.24) is 10.2 Å². The minimum absolute atomic E-state index is 0.588. The molecule has 0 aliphatic heterocycles. The molecule has 3 unspecified atom stereocenters. The van der Waals surface area contributed by atoms with Gasteiger partial charge in [-0.15, -0.1) is 0 Å². The summed E-state index contributed by atoms with van der Waals surface area (Å²) in [7, 11) is 4.33. The van der Waals surface area contributed by atoms with E-state index in [1.54, 1.807) is 0 Å². The van der Waals surface area contributed by atoms with Crippen molar-refractivity contribution < 1.29 is 0 Å². The van der Waals surface area contributed by atoms with Gasteiger partial charge in [-0.2, -0.15) is 0 Å². The Morgan fingerprint density at radius 1 is 0.938 bits per heavy atom. The van der Waals surface area contributed by atoms with Crippen LogP contribution in [0.1, 0.15) is 48.0 Å². The molecule has 1 N–H and O–H groups in total. The van der Waals surface area contributed by atoms with Gasteiger partial charge in [-0.3, -0.25) is 4.90 Å². The molecular weight excluding hydrogens is 196 g/mol. The molecule has 0 saturated heterocycles. The summed E-state index contributed by atoms with van der Waals surface area (Å²) in [6.07, 6.45) is 1.24. The third-order valence-electron chi connectivity index (χ3n) is 3.93. The van der Waals surface area contributed by atoms with E-state index in [4.69, 9.17) is 0 Å². The van der Waals surface area contributed by atoms with Crippen molar-refractivity contribution in [1.29, 1.82) is 0 Å². The number of likely N-dealkylation sites (N-methyl/N-ethyl adjacent to an activating group) is 2. The van der Waals surface area contributed by atoms with Crippen molar-refractivity contribution in [2.45, 2.75) is 66.1 Å². The lowest BCUT2D eigenvalue weighted by Gasteiger charge is -2.38. The molecule has 3 atom stereocenters. The maximum atomic E-state index is 3.47. The van der Waals surface area contributed by atoms with Crippen molar-refractivity contribution >= 4 is 0 Å². The molecule has 2 nitrogen and oxygen atoms in total. The SMILES string of the molecule is CNC(CC(C)C)C(C)N(C)C(C)C(C)C. The van der Waals surface area contributed by atoms with E-state index in [1.807, 2.05) is 0 Å². The highest BCUT2D eigenvalue weighted by Crippen LogP contribution is 2.17. The lowest BCUT2D eigenvalue weighted by molar-refractivity contribution is 0.124. The second-order valence-corrected chi connectivity index (χ2v) is 5.92. The Bertz CT molecular complexity index is 176. The van der Waals surface area contributed by atoms with Gasteiger partial charge in [0, 0.05) is 18.1 Å². The summed E-state index contributed by atoms with van der Waals surface area (Å²) >= 11 is 0. The molecule has 98 valence electrons. The van der Waals surface area contributed by atoms with Crippen LogP contribution in [0.15, 0.2) is 0 Å². The Balaban J connectivity index is 4.42. The first kappa shape index (κ1) is 15.9. The third kappa shape index (κ3) is 4.84. The Morgan fingerprint density at radius 3 is 1.75 bits per heavy atom. The van der Waals surface area contributed by atoms with Crippen LogP contribution in [0.5, 0.6) is 0 Å². The summed E-state index contributed by atoms with van der Waals surface area (Å²) in [5.74, 6) is 1.46. The first-order chi connectivity index (χ1) is 7.31. The van der Waals surface area contributed by atoms with Crippen molar-refractivity contribution in [3.63, 3.8) is 0 Å². The van der Waals surface area contributed by atoms with Gasteiger partial charge in [-0.25, -0.2) is 0 Å². The zero-order chi connectivity index (χ0) is 12.9.